The van der Waals surface area contributed by atoms with Gasteiger partial charge in [-0.15, -0.1) is 24.0 Å². The van der Waals surface area contributed by atoms with E-state index in [4.69, 9.17) is 4.99 Å². The number of aromatic amines is 1. The molecular formula is C18H32IN5. The third kappa shape index (κ3) is 5.10. The van der Waals surface area contributed by atoms with E-state index in [-0.39, 0.29) is 24.0 Å². The van der Waals surface area contributed by atoms with Crippen molar-refractivity contribution in [2.75, 3.05) is 19.6 Å². The number of halogens is 1. The van der Waals surface area contributed by atoms with Crippen molar-refractivity contribution in [2.24, 2.45) is 10.4 Å². The number of H-pyrrole nitrogens is 1. The zero-order chi connectivity index (χ0) is 16.0. The van der Waals surface area contributed by atoms with Crippen LogP contribution in [0.3, 0.4) is 0 Å². The van der Waals surface area contributed by atoms with Crippen molar-refractivity contribution in [1.82, 2.24) is 20.4 Å². The van der Waals surface area contributed by atoms with E-state index < -0.39 is 0 Å². The maximum absolute atomic E-state index is 4.84. The Morgan fingerprint density at radius 2 is 2.00 bits per heavy atom. The topological polar surface area (TPSA) is 56.3 Å². The fourth-order valence-electron chi connectivity index (χ4n) is 4.23. The van der Waals surface area contributed by atoms with Crippen molar-refractivity contribution >= 4 is 29.9 Å². The standard InChI is InChI=1S/C18H31N5.HI/c1-2-19-17(20-14-16-8-12-21-22-16)23-13-7-11-18(15-23)9-5-3-4-6-10-18;/h8,12H,2-7,9-11,13-15H2,1H3,(H,19,20)(H,21,22);1H. The number of piperidine rings is 1. The summed E-state index contributed by atoms with van der Waals surface area (Å²) in [4.78, 5) is 7.35. The summed E-state index contributed by atoms with van der Waals surface area (Å²) in [7, 11) is 0. The molecule has 1 aliphatic carbocycles. The summed E-state index contributed by atoms with van der Waals surface area (Å²) in [5.74, 6) is 1.07. The van der Waals surface area contributed by atoms with Crippen LogP contribution in [0, 0.1) is 5.41 Å². The van der Waals surface area contributed by atoms with Crippen LogP contribution in [0.5, 0.6) is 0 Å². The monoisotopic (exact) mass is 445 g/mol. The van der Waals surface area contributed by atoms with Gasteiger partial charge in [0.1, 0.15) is 0 Å². The molecule has 1 spiro atoms. The SMILES string of the molecule is CCNC(=NCc1ccn[nH]1)N1CCCC2(CCCCCC2)C1.I. The molecule has 136 valence electrons. The number of hydrogen-bond donors (Lipinski definition) is 2. The molecule has 3 rings (SSSR count). The summed E-state index contributed by atoms with van der Waals surface area (Å²) >= 11 is 0. The lowest BCUT2D eigenvalue weighted by Crippen LogP contribution is -2.50. The van der Waals surface area contributed by atoms with E-state index in [1.165, 1.54) is 57.9 Å². The molecule has 0 bridgehead atoms. The largest absolute Gasteiger partial charge is 0.357 e. The van der Waals surface area contributed by atoms with Crippen molar-refractivity contribution in [3.05, 3.63) is 18.0 Å². The second-order valence-corrected chi connectivity index (χ2v) is 7.19. The Bertz CT molecular complexity index is 492. The van der Waals surface area contributed by atoms with Gasteiger partial charge in [0, 0.05) is 25.8 Å². The maximum atomic E-state index is 4.84. The first-order valence-electron chi connectivity index (χ1n) is 9.33. The van der Waals surface area contributed by atoms with Crippen molar-refractivity contribution in [2.45, 2.75) is 64.8 Å². The first-order chi connectivity index (χ1) is 11.3. The van der Waals surface area contributed by atoms with E-state index in [1.807, 2.05) is 6.07 Å². The zero-order valence-corrected chi connectivity index (χ0v) is 17.2. The molecule has 2 heterocycles. The number of nitrogens with zero attached hydrogens (tertiary/aromatic N) is 3. The van der Waals surface area contributed by atoms with Crippen LogP contribution in [0.4, 0.5) is 0 Å². The van der Waals surface area contributed by atoms with Gasteiger partial charge in [0.2, 0.25) is 0 Å². The highest BCUT2D eigenvalue weighted by atomic mass is 127. The summed E-state index contributed by atoms with van der Waals surface area (Å²) in [5.41, 5.74) is 1.61. The lowest BCUT2D eigenvalue weighted by Gasteiger charge is -2.44. The van der Waals surface area contributed by atoms with Crippen LogP contribution in [-0.2, 0) is 6.54 Å². The van der Waals surface area contributed by atoms with Gasteiger partial charge in [0.25, 0.3) is 0 Å². The maximum Gasteiger partial charge on any atom is 0.194 e. The molecule has 0 amide bonds. The lowest BCUT2D eigenvalue weighted by molar-refractivity contribution is 0.115. The average Bonchev–Trinajstić information content (AvgIpc) is 2.99. The summed E-state index contributed by atoms with van der Waals surface area (Å²) in [6.45, 7) is 6.06. The molecular weight excluding hydrogens is 413 g/mol. The molecule has 24 heavy (non-hydrogen) atoms. The average molecular weight is 445 g/mol. The van der Waals surface area contributed by atoms with Crippen molar-refractivity contribution < 1.29 is 0 Å². The van der Waals surface area contributed by atoms with Gasteiger partial charge < -0.3 is 10.2 Å². The Hall–Kier alpha value is -0.790. The second kappa shape index (κ2) is 9.63. The van der Waals surface area contributed by atoms with E-state index in [1.54, 1.807) is 6.20 Å². The number of aliphatic imine (C=N–C) groups is 1. The smallest absolute Gasteiger partial charge is 0.194 e. The van der Waals surface area contributed by atoms with Crippen molar-refractivity contribution in [3.63, 3.8) is 0 Å². The molecule has 0 aromatic carbocycles. The van der Waals surface area contributed by atoms with Gasteiger partial charge in [-0.3, -0.25) is 5.10 Å². The van der Waals surface area contributed by atoms with Crippen LogP contribution in [0.15, 0.2) is 17.3 Å². The van der Waals surface area contributed by atoms with Crippen LogP contribution < -0.4 is 5.32 Å². The fourth-order valence-corrected chi connectivity index (χ4v) is 4.23. The van der Waals surface area contributed by atoms with Crippen molar-refractivity contribution in [1.29, 1.82) is 0 Å². The molecule has 1 saturated carbocycles. The molecule has 1 aliphatic heterocycles. The highest BCUT2D eigenvalue weighted by Gasteiger charge is 2.36. The fraction of sp³-hybridized carbons (Fsp3) is 0.778. The predicted octanol–water partition coefficient (Wildman–Crippen LogP) is 3.93. The Labute approximate surface area is 163 Å². The van der Waals surface area contributed by atoms with E-state index >= 15 is 0 Å². The van der Waals surface area contributed by atoms with Gasteiger partial charge in [0.15, 0.2) is 5.96 Å². The Morgan fingerprint density at radius 1 is 1.25 bits per heavy atom. The first kappa shape index (κ1) is 19.5. The first-order valence-corrected chi connectivity index (χ1v) is 9.33. The van der Waals surface area contributed by atoms with Crippen LogP contribution in [0.1, 0.15) is 64.0 Å². The molecule has 0 radical (unpaired) electrons. The Morgan fingerprint density at radius 3 is 2.67 bits per heavy atom. The summed E-state index contributed by atoms with van der Waals surface area (Å²) < 4.78 is 0. The van der Waals surface area contributed by atoms with Crippen LogP contribution in [-0.4, -0.2) is 40.7 Å². The van der Waals surface area contributed by atoms with Crippen LogP contribution in [0.25, 0.3) is 0 Å². The zero-order valence-electron chi connectivity index (χ0n) is 14.9. The van der Waals surface area contributed by atoms with E-state index in [0.717, 1.165) is 24.7 Å². The van der Waals surface area contributed by atoms with Crippen LogP contribution in [0.2, 0.25) is 0 Å². The molecule has 0 unspecified atom stereocenters. The summed E-state index contributed by atoms with van der Waals surface area (Å²) in [5, 5.41) is 10.5. The minimum atomic E-state index is 0. The molecule has 5 nitrogen and oxygen atoms in total. The summed E-state index contributed by atoms with van der Waals surface area (Å²) in [6, 6.07) is 2.00. The lowest BCUT2D eigenvalue weighted by atomic mass is 9.74. The van der Waals surface area contributed by atoms with E-state index in [9.17, 15) is 0 Å². The minimum absolute atomic E-state index is 0. The third-order valence-corrected chi connectivity index (χ3v) is 5.42. The highest BCUT2D eigenvalue weighted by Crippen LogP contribution is 2.42. The molecule has 1 aromatic heterocycles. The molecule has 2 N–H and O–H groups in total. The van der Waals surface area contributed by atoms with Gasteiger partial charge in [-0.05, 0) is 44.1 Å². The van der Waals surface area contributed by atoms with Gasteiger partial charge in [-0.1, -0.05) is 25.7 Å². The van der Waals surface area contributed by atoms with Gasteiger partial charge in [-0.2, -0.15) is 5.10 Å². The molecule has 0 atom stereocenters. The number of aromatic nitrogens is 2. The normalized spacial score (nSPS) is 21.2. The number of hydrogen-bond acceptors (Lipinski definition) is 2. The van der Waals surface area contributed by atoms with E-state index in [2.05, 4.69) is 27.3 Å². The number of nitrogens with one attached hydrogen (secondary N) is 2. The number of guanidine groups is 1. The summed E-state index contributed by atoms with van der Waals surface area (Å²) in [6.07, 6.45) is 13.0. The molecule has 1 saturated heterocycles. The van der Waals surface area contributed by atoms with Gasteiger partial charge >= 0.3 is 0 Å². The quantitative estimate of drug-likeness (QED) is 0.421. The predicted molar refractivity (Wildman–Crippen MR) is 110 cm³/mol. The number of rotatable bonds is 3. The molecule has 2 fully saturated rings. The van der Waals surface area contributed by atoms with Crippen LogP contribution >= 0.6 is 24.0 Å². The molecule has 2 aliphatic rings. The van der Waals surface area contributed by atoms with Crippen molar-refractivity contribution in [3.8, 4) is 0 Å². The van der Waals surface area contributed by atoms with Gasteiger partial charge in [0.05, 0.1) is 12.2 Å². The highest BCUT2D eigenvalue weighted by molar-refractivity contribution is 14.0. The number of likely N-dealkylation sites (tertiary alicyclic amines) is 1. The Balaban J connectivity index is 0.00000208. The van der Waals surface area contributed by atoms with Gasteiger partial charge in [-0.25, -0.2) is 4.99 Å². The van der Waals surface area contributed by atoms with E-state index in [0.29, 0.717) is 12.0 Å². The third-order valence-electron chi connectivity index (χ3n) is 5.42. The second-order valence-electron chi connectivity index (χ2n) is 7.19. The Kier molecular flexibility index (Phi) is 7.84. The minimum Gasteiger partial charge on any atom is -0.357 e. The molecule has 6 heteroatoms. The molecule has 1 aromatic rings.